The number of H-pyrrole nitrogens is 1. The lowest BCUT2D eigenvalue weighted by molar-refractivity contribution is -0.121. The topological polar surface area (TPSA) is 70.2 Å². The number of ether oxygens (including phenoxy) is 1. The lowest BCUT2D eigenvalue weighted by atomic mass is 10.1. The summed E-state index contributed by atoms with van der Waals surface area (Å²) in [5.74, 6) is 0.0459. The molecule has 0 saturated carbocycles. The number of rotatable bonds is 4. The Hall–Kier alpha value is -2.18. The van der Waals surface area contributed by atoms with Crippen LogP contribution in [-0.2, 0) is 16.0 Å². The van der Waals surface area contributed by atoms with Gasteiger partial charge in [-0.15, -0.1) is 0 Å². The van der Waals surface area contributed by atoms with E-state index in [9.17, 15) is 4.79 Å². The first-order valence-corrected chi connectivity index (χ1v) is 8.46. The number of nitrogens with zero attached hydrogens (tertiary/aromatic N) is 2. The van der Waals surface area contributed by atoms with Gasteiger partial charge in [0.25, 0.3) is 0 Å². The Labute approximate surface area is 141 Å². The molecule has 6 heteroatoms. The van der Waals surface area contributed by atoms with Gasteiger partial charge in [-0.2, -0.15) is 5.10 Å². The van der Waals surface area contributed by atoms with Crippen molar-refractivity contribution < 1.29 is 9.53 Å². The summed E-state index contributed by atoms with van der Waals surface area (Å²) in [6, 6.07) is 12.8. The fourth-order valence-electron chi connectivity index (χ4n) is 3.68. The highest BCUT2D eigenvalue weighted by molar-refractivity contribution is 5.78. The molecule has 1 aromatic carbocycles. The molecule has 4 rings (SSSR count). The number of aromatic nitrogens is 2. The smallest absolute Gasteiger partial charge is 0.226 e. The van der Waals surface area contributed by atoms with E-state index in [0.717, 1.165) is 31.8 Å². The minimum atomic E-state index is 0.0459. The molecule has 2 fully saturated rings. The molecule has 126 valence electrons. The van der Waals surface area contributed by atoms with Crippen LogP contribution in [0.1, 0.15) is 23.8 Å². The second kappa shape index (κ2) is 6.75. The number of hydrogen-bond donors (Lipinski definition) is 2. The zero-order valence-electron chi connectivity index (χ0n) is 13.5. The molecule has 0 spiro atoms. The van der Waals surface area contributed by atoms with Gasteiger partial charge in [-0.3, -0.25) is 14.8 Å². The van der Waals surface area contributed by atoms with Crippen molar-refractivity contribution in [2.45, 2.75) is 31.0 Å². The van der Waals surface area contributed by atoms with Crippen LogP contribution in [0.25, 0.3) is 0 Å². The van der Waals surface area contributed by atoms with Crippen LogP contribution in [0.15, 0.2) is 42.6 Å². The fourth-order valence-corrected chi connectivity index (χ4v) is 3.68. The van der Waals surface area contributed by atoms with Crippen LogP contribution in [0.3, 0.4) is 0 Å². The Morgan fingerprint density at radius 3 is 2.96 bits per heavy atom. The summed E-state index contributed by atoms with van der Waals surface area (Å²) in [4.78, 5) is 14.6. The molecule has 0 radical (unpaired) electrons. The predicted molar refractivity (Wildman–Crippen MR) is 89.3 cm³/mol. The first kappa shape index (κ1) is 15.4. The van der Waals surface area contributed by atoms with Crippen molar-refractivity contribution in [3.8, 4) is 0 Å². The molecular weight excluding hydrogens is 304 g/mol. The molecule has 2 aromatic rings. The molecule has 1 amide bonds. The molecule has 2 aliphatic heterocycles. The van der Waals surface area contributed by atoms with Crippen LogP contribution >= 0.6 is 0 Å². The van der Waals surface area contributed by atoms with Crippen LogP contribution < -0.4 is 5.32 Å². The quantitative estimate of drug-likeness (QED) is 0.888. The van der Waals surface area contributed by atoms with Crippen molar-refractivity contribution in [1.82, 2.24) is 20.4 Å². The Balaban J connectivity index is 1.32. The van der Waals surface area contributed by atoms with Gasteiger partial charge in [-0.25, -0.2) is 0 Å². The third kappa shape index (κ3) is 3.34. The van der Waals surface area contributed by atoms with Crippen LogP contribution in [0.4, 0.5) is 0 Å². The average Bonchev–Trinajstić information content (AvgIpc) is 3.23. The summed E-state index contributed by atoms with van der Waals surface area (Å²) in [7, 11) is 0. The van der Waals surface area contributed by atoms with E-state index in [2.05, 4.69) is 32.5 Å². The number of nitrogens with one attached hydrogen (secondary N) is 2. The Bertz CT molecular complexity index is 674. The van der Waals surface area contributed by atoms with Gasteiger partial charge in [-0.05, 0) is 18.1 Å². The molecule has 6 nitrogen and oxygen atoms in total. The van der Waals surface area contributed by atoms with Gasteiger partial charge >= 0.3 is 0 Å². The third-order valence-electron chi connectivity index (χ3n) is 4.86. The van der Waals surface area contributed by atoms with E-state index in [4.69, 9.17) is 4.74 Å². The van der Waals surface area contributed by atoms with Crippen LogP contribution in [-0.4, -0.2) is 52.8 Å². The van der Waals surface area contributed by atoms with E-state index < -0.39 is 0 Å². The summed E-state index contributed by atoms with van der Waals surface area (Å²) >= 11 is 0. The molecule has 0 unspecified atom stereocenters. The van der Waals surface area contributed by atoms with Gasteiger partial charge in [0.15, 0.2) is 0 Å². The Morgan fingerprint density at radius 1 is 1.29 bits per heavy atom. The number of amides is 1. The van der Waals surface area contributed by atoms with Gasteiger partial charge in [0, 0.05) is 37.1 Å². The Morgan fingerprint density at radius 2 is 2.17 bits per heavy atom. The van der Waals surface area contributed by atoms with Crippen molar-refractivity contribution in [1.29, 1.82) is 0 Å². The number of aromatic amines is 1. The molecule has 3 heterocycles. The number of carbonyl (C=O) groups is 1. The van der Waals surface area contributed by atoms with Crippen molar-refractivity contribution in [3.05, 3.63) is 53.9 Å². The van der Waals surface area contributed by atoms with Crippen LogP contribution in [0.2, 0.25) is 0 Å². The molecule has 1 aromatic heterocycles. The largest absolute Gasteiger partial charge is 0.371 e. The predicted octanol–water partition coefficient (Wildman–Crippen LogP) is 1.28. The SMILES string of the molecule is O=C(Cc1ccn[nH]1)N[C@@H]1C[C@H]2CO[C@@H](c3ccccc3)CN2C1. The maximum Gasteiger partial charge on any atom is 0.226 e. The van der Waals surface area contributed by atoms with E-state index in [1.54, 1.807) is 6.20 Å². The fraction of sp³-hybridized carbons (Fsp3) is 0.444. The van der Waals surface area contributed by atoms with Crippen molar-refractivity contribution >= 4 is 5.91 Å². The Kier molecular flexibility index (Phi) is 4.32. The van der Waals surface area contributed by atoms with E-state index in [1.807, 2.05) is 24.3 Å². The van der Waals surface area contributed by atoms with Crippen molar-refractivity contribution in [2.75, 3.05) is 19.7 Å². The number of carbonyl (C=O) groups excluding carboxylic acids is 1. The average molecular weight is 326 g/mol. The normalized spacial score (nSPS) is 26.9. The second-order valence-electron chi connectivity index (χ2n) is 6.60. The van der Waals surface area contributed by atoms with Gasteiger partial charge in [0.2, 0.25) is 5.91 Å². The summed E-state index contributed by atoms with van der Waals surface area (Å²) in [5, 5.41) is 9.84. The molecule has 2 N–H and O–H groups in total. The summed E-state index contributed by atoms with van der Waals surface area (Å²) in [5.41, 5.74) is 2.07. The number of hydrogen-bond acceptors (Lipinski definition) is 4. The summed E-state index contributed by atoms with van der Waals surface area (Å²) < 4.78 is 6.05. The van der Waals surface area contributed by atoms with Gasteiger partial charge in [0.1, 0.15) is 0 Å². The number of morpholine rings is 1. The zero-order chi connectivity index (χ0) is 16.4. The third-order valence-corrected chi connectivity index (χ3v) is 4.86. The molecule has 2 aliphatic rings. The molecular formula is C18H22N4O2. The zero-order valence-corrected chi connectivity index (χ0v) is 13.5. The molecule has 2 saturated heterocycles. The molecule has 0 aliphatic carbocycles. The van der Waals surface area contributed by atoms with E-state index in [0.29, 0.717) is 12.5 Å². The minimum Gasteiger partial charge on any atom is -0.371 e. The lowest BCUT2D eigenvalue weighted by Crippen LogP contribution is -2.43. The molecule has 0 bridgehead atoms. The maximum atomic E-state index is 12.1. The lowest BCUT2D eigenvalue weighted by Gasteiger charge is -2.35. The molecule has 24 heavy (non-hydrogen) atoms. The monoisotopic (exact) mass is 326 g/mol. The van der Waals surface area contributed by atoms with Crippen molar-refractivity contribution in [3.63, 3.8) is 0 Å². The first-order chi connectivity index (χ1) is 11.8. The van der Waals surface area contributed by atoms with Gasteiger partial charge in [0.05, 0.1) is 19.1 Å². The van der Waals surface area contributed by atoms with Gasteiger partial charge < -0.3 is 10.1 Å². The maximum absolute atomic E-state index is 12.1. The van der Waals surface area contributed by atoms with E-state index in [-0.39, 0.29) is 18.1 Å². The molecule has 3 atom stereocenters. The van der Waals surface area contributed by atoms with Crippen molar-refractivity contribution in [2.24, 2.45) is 0 Å². The highest BCUT2D eigenvalue weighted by Gasteiger charge is 2.38. The second-order valence-corrected chi connectivity index (χ2v) is 6.60. The minimum absolute atomic E-state index is 0.0459. The van der Waals surface area contributed by atoms with E-state index >= 15 is 0 Å². The first-order valence-electron chi connectivity index (χ1n) is 8.46. The van der Waals surface area contributed by atoms with E-state index in [1.165, 1.54) is 5.56 Å². The van der Waals surface area contributed by atoms with Crippen LogP contribution in [0, 0.1) is 0 Å². The van der Waals surface area contributed by atoms with Gasteiger partial charge in [-0.1, -0.05) is 30.3 Å². The number of benzene rings is 1. The number of fused-ring (bicyclic) bond motifs is 1. The highest BCUT2D eigenvalue weighted by Crippen LogP contribution is 2.30. The highest BCUT2D eigenvalue weighted by atomic mass is 16.5. The summed E-state index contributed by atoms with van der Waals surface area (Å²) in [6.07, 6.45) is 3.10. The summed E-state index contributed by atoms with van der Waals surface area (Å²) in [6.45, 7) is 2.51. The standard InChI is InChI=1S/C18H22N4O2/c23-18(9-14-6-7-19-21-14)20-15-8-16-12-24-17(11-22(16)10-15)13-4-2-1-3-5-13/h1-7,15-17H,8-12H2,(H,19,21)(H,20,23)/t15-,16+,17-/m1/s1. The van der Waals surface area contributed by atoms with Crippen LogP contribution in [0.5, 0.6) is 0 Å².